The van der Waals surface area contributed by atoms with Crippen molar-refractivity contribution < 1.29 is 36.1 Å². The highest BCUT2D eigenvalue weighted by Gasteiger charge is 2.26. The van der Waals surface area contributed by atoms with Crippen LogP contribution in [0.5, 0.6) is 0 Å². The average Bonchev–Trinajstić information content (AvgIpc) is 2.80. The van der Waals surface area contributed by atoms with Crippen LogP contribution in [0.4, 0.5) is 0 Å². The van der Waals surface area contributed by atoms with Crippen LogP contribution in [-0.2, 0) is 28.2 Å². The fourth-order valence-electron chi connectivity index (χ4n) is 4.07. The summed E-state index contributed by atoms with van der Waals surface area (Å²) < 4.78 is 52.6. The van der Waals surface area contributed by atoms with Crippen molar-refractivity contribution >= 4 is 17.7 Å². The molecule has 0 rings (SSSR count). The van der Waals surface area contributed by atoms with Crippen molar-refractivity contribution in [2.24, 2.45) is 0 Å². The van der Waals surface area contributed by atoms with E-state index in [0.29, 0.717) is 17.4 Å². The number of nitrogens with zero attached hydrogens (tertiary/aromatic N) is 1. The standard InChI is InChI=1S/C27H58NO7PS/c1-6-7-8-9-10-11-12-13-14-15-16-17-18-19-20-21-24-37(31,32)26-27(33-5)25-35-36(29,30)34-23-22-28(2,3)4/h27H,6-26H2,1-5H3/p+1. The van der Waals surface area contributed by atoms with Gasteiger partial charge in [0.15, 0.2) is 9.84 Å². The van der Waals surface area contributed by atoms with Gasteiger partial charge in [0.1, 0.15) is 13.2 Å². The third-order valence-electron chi connectivity index (χ3n) is 6.52. The Morgan fingerprint density at radius 2 is 1.19 bits per heavy atom. The van der Waals surface area contributed by atoms with Gasteiger partial charge < -0.3 is 14.1 Å². The molecule has 2 unspecified atom stereocenters. The van der Waals surface area contributed by atoms with Gasteiger partial charge in [-0.15, -0.1) is 0 Å². The summed E-state index contributed by atoms with van der Waals surface area (Å²) in [7, 11) is -0.387. The van der Waals surface area contributed by atoms with E-state index in [1.54, 1.807) is 0 Å². The molecule has 0 saturated carbocycles. The molecule has 1 N–H and O–H groups in total. The van der Waals surface area contributed by atoms with Crippen LogP contribution >= 0.6 is 7.82 Å². The maximum Gasteiger partial charge on any atom is 0.472 e. The van der Waals surface area contributed by atoms with Gasteiger partial charge in [-0.3, -0.25) is 9.05 Å². The van der Waals surface area contributed by atoms with Gasteiger partial charge in [0.2, 0.25) is 0 Å². The first kappa shape index (κ1) is 37.0. The summed E-state index contributed by atoms with van der Waals surface area (Å²) in [6.07, 6.45) is 19.1. The van der Waals surface area contributed by atoms with E-state index in [1.165, 1.54) is 84.2 Å². The summed E-state index contributed by atoms with van der Waals surface area (Å²) >= 11 is 0. The van der Waals surface area contributed by atoms with Gasteiger partial charge in [0.05, 0.1) is 45.4 Å². The quantitative estimate of drug-likeness (QED) is 0.0680. The zero-order chi connectivity index (χ0) is 28.0. The molecular formula is C27H59NO7PS+. The minimum absolute atomic E-state index is 0.0620. The summed E-state index contributed by atoms with van der Waals surface area (Å²) in [5.74, 6) is -0.136. The molecule has 0 aromatic rings. The molecule has 8 nitrogen and oxygen atoms in total. The maximum atomic E-state index is 12.5. The van der Waals surface area contributed by atoms with Gasteiger partial charge in [-0.25, -0.2) is 13.0 Å². The largest absolute Gasteiger partial charge is 0.472 e. The third-order valence-corrected chi connectivity index (χ3v) is 9.30. The number of phosphoric acid groups is 1. The maximum absolute atomic E-state index is 12.5. The average molecular weight is 573 g/mol. The highest BCUT2D eigenvalue weighted by molar-refractivity contribution is 7.91. The van der Waals surface area contributed by atoms with Crippen molar-refractivity contribution in [3.63, 3.8) is 0 Å². The van der Waals surface area contributed by atoms with Gasteiger partial charge in [0, 0.05) is 7.11 Å². The molecule has 0 aliphatic rings. The second-order valence-electron chi connectivity index (χ2n) is 11.4. The normalized spacial score (nSPS) is 15.1. The van der Waals surface area contributed by atoms with E-state index in [-0.39, 0.29) is 24.7 Å². The van der Waals surface area contributed by atoms with E-state index in [0.717, 1.165) is 19.3 Å². The molecule has 10 heteroatoms. The van der Waals surface area contributed by atoms with Gasteiger partial charge in [-0.2, -0.15) is 0 Å². The molecule has 0 aliphatic carbocycles. The third kappa shape index (κ3) is 26.0. The van der Waals surface area contributed by atoms with Crippen LogP contribution in [-0.4, -0.2) is 83.4 Å². The SMILES string of the molecule is CCCCCCCCCCCCCCCCCCS(=O)(=O)CC(COP(=O)(O)OCC[N+](C)(C)C)OC. The number of ether oxygens (including phenoxy) is 1. The predicted octanol–water partition coefficient (Wildman–Crippen LogP) is 6.52. The lowest BCUT2D eigenvalue weighted by Gasteiger charge is -2.24. The van der Waals surface area contributed by atoms with E-state index < -0.39 is 23.8 Å². The Morgan fingerprint density at radius 3 is 1.59 bits per heavy atom. The smallest absolute Gasteiger partial charge is 0.378 e. The van der Waals surface area contributed by atoms with Crippen molar-refractivity contribution in [2.75, 3.05) is 59.5 Å². The number of unbranched alkanes of at least 4 members (excludes halogenated alkanes) is 15. The van der Waals surface area contributed by atoms with Crippen LogP contribution < -0.4 is 0 Å². The van der Waals surface area contributed by atoms with Crippen molar-refractivity contribution in [3.05, 3.63) is 0 Å². The number of phosphoric ester groups is 1. The van der Waals surface area contributed by atoms with Crippen LogP contribution in [0.2, 0.25) is 0 Å². The van der Waals surface area contributed by atoms with Crippen molar-refractivity contribution in [2.45, 2.75) is 116 Å². The van der Waals surface area contributed by atoms with Crippen LogP contribution in [0.3, 0.4) is 0 Å². The second-order valence-corrected chi connectivity index (χ2v) is 15.1. The summed E-state index contributed by atoms with van der Waals surface area (Å²) in [4.78, 5) is 9.81. The van der Waals surface area contributed by atoms with Gasteiger partial charge in [0.25, 0.3) is 0 Å². The summed E-state index contributed by atoms with van der Waals surface area (Å²) in [6.45, 7) is 2.54. The number of sulfone groups is 1. The molecular weight excluding hydrogens is 513 g/mol. The Labute approximate surface area is 229 Å². The van der Waals surface area contributed by atoms with E-state index >= 15 is 0 Å². The van der Waals surface area contributed by atoms with E-state index in [1.807, 2.05) is 21.1 Å². The van der Waals surface area contributed by atoms with E-state index in [9.17, 15) is 17.9 Å². The Balaban J connectivity index is 3.82. The Bertz CT molecular complexity index is 683. The Hall–Kier alpha value is -0.0200. The lowest BCUT2D eigenvalue weighted by Crippen LogP contribution is -2.37. The number of likely N-dealkylation sites (N-methyl/N-ethyl adjacent to an activating group) is 1. The zero-order valence-corrected chi connectivity index (χ0v) is 26.3. The molecule has 0 amide bonds. The highest BCUT2D eigenvalue weighted by Crippen LogP contribution is 2.43. The molecule has 0 radical (unpaired) electrons. The molecule has 224 valence electrons. The Morgan fingerprint density at radius 1 is 0.757 bits per heavy atom. The topological polar surface area (TPSA) is 99.1 Å². The van der Waals surface area contributed by atoms with Crippen LogP contribution in [0, 0.1) is 0 Å². The second kappa shape index (κ2) is 21.8. The molecule has 0 saturated heterocycles. The van der Waals surface area contributed by atoms with Crippen molar-refractivity contribution in [1.82, 2.24) is 0 Å². The lowest BCUT2D eigenvalue weighted by molar-refractivity contribution is -0.870. The highest BCUT2D eigenvalue weighted by atomic mass is 32.2. The number of methoxy groups -OCH3 is 1. The van der Waals surface area contributed by atoms with E-state index in [2.05, 4.69) is 6.92 Å². The van der Waals surface area contributed by atoms with E-state index in [4.69, 9.17) is 13.8 Å². The predicted molar refractivity (Wildman–Crippen MR) is 154 cm³/mol. The first-order valence-corrected chi connectivity index (χ1v) is 17.9. The first-order chi connectivity index (χ1) is 17.4. The molecule has 0 fully saturated rings. The van der Waals surface area contributed by atoms with Crippen LogP contribution in [0.1, 0.15) is 110 Å². The molecule has 0 spiro atoms. The molecule has 0 aromatic carbocycles. The minimum atomic E-state index is -4.25. The number of hydrogen-bond acceptors (Lipinski definition) is 6. The van der Waals surface area contributed by atoms with Crippen molar-refractivity contribution in [1.29, 1.82) is 0 Å². The molecule has 0 aromatic heterocycles. The summed E-state index contributed by atoms with van der Waals surface area (Å²) in [5.41, 5.74) is 0. The van der Waals surface area contributed by atoms with Crippen LogP contribution in [0.25, 0.3) is 0 Å². The molecule has 0 bridgehead atoms. The number of hydrogen-bond donors (Lipinski definition) is 1. The minimum Gasteiger partial charge on any atom is -0.378 e. The fourth-order valence-corrected chi connectivity index (χ4v) is 6.42. The van der Waals surface area contributed by atoms with Gasteiger partial charge in [-0.1, -0.05) is 103 Å². The molecule has 0 heterocycles. The van der Waals surface area contributed by atoms with Crippen LogP contribution in [0.15, 0.2) is 0 Å². The number of rotatable bonds is 27. The fraction of sp³-hybridized carbons (Fsp3) is 1.00. The van der Waals surface area contributed by atoms with Gasteiger partial charge in [-0.05, 0) is 6.42 Å². The van der Waals surface area contributed by atoms with Gasteiger partial charge >= 0.3 is 7.82 Å². The molecule has 2 atom stereocenters. The summed E-state index contributed by atoms with van der Waals surface area (Å²) in [6, 6.07) is 0. The molecule has 37 heavy (non-hydrogen) atoms. The summed E-state index contributed by atoms with van der Waals surface area (Å²) in [5, 5.41) is 0. The zero-order valence-electron chi connectivity index (χ0n) is 24.6. The Kier molecular flexibility index (Phi) is 21.7. The number of quaternary nitrogens is 1. The lowest BCUT2D eigenvalue weighted by atomic mass is 10.0. The monoisotopic (exact) mass is 572 g/mol. The first-order valence-electron chi connectivity index (χ1n) is 14.6. The van der Waals surface area contributed by atoms with Crippen molar-refractivity contribution in [3.8, 4) is 0 Å². The molecule has 0 aliphatic heterocycles.